The standard InChI is InChI=1S/C41H61N3O11/c1-9-44-19-39(21-54-37(48)24-12-10-11-13-27(24)43-30(45)16-23(4)35(42)46)15-14-29(52-7)40(20-44)26-17-25-28(51-6)18-41(50,38(5,49)34(53-8)33(39)40)31(26)32(25)55-36(47)22(2)3/h10-13,22-23,25-26,28-29,31-34,49-50H,9,14-21H2,1-8H3,(H2,42,46)(H,43,45). The van der Waals surface area contributed by atoms with E-state index in [9.17, 15) is 29.4 Å². The first-order valence-electron chi connectivity index (χ1n) is 19.8. The van der Waals surface area contributed by atoms with Crippen molar-refractivity contribution in [3.05, 3.63) is 29.8 Å². The molecule has 4 bridgehead atoms. The van der Waals surface area contributed by atoms with Crippen molar-refractivity contribution < 1.29 is 53.1 Å². The van der Waals surface area contributed by atoms with Crippen LogP contribution in [0.5, 0.6) is 0 Å². The second-order valence-electron chi connectivity index (χ2n) is 17.5. The molecule has 5 N–H and O–H groups in total. The van der Waals surface area contributed by atoms with Crippen molar-refractivity contribution in [2.45, 2.75) is 102 Å². The number of nitrogens with one attached hydrogen (secondary N) is 1. The summed E-state index contributed by atoms with van der Waals surface area (Å²) in [5.74, 6) is -4.83. The zero-order valence-electron chi connectivity index (χ0n) is 33.5. The summed E-state index contributed by atoms with van der Waals surface area (Å²) in [6.45, 7) is 10.6. The van der Waals surface area contributed by atoms with Crippen molar-refractivity contribution in [1.29, 1.82) is 0 Å². The van der Waals surface area contributed by atoms with E-state index in [0.29, 0.717) is 38.9 Å². The lowest BCUT2D eigenvalue weighted by molar-refractivity contribution is -0.283. The Morgan fingerprint density at radius 1 is 1.04 bits per heavy atom. The van der Waals surface area contributed by atoms with Crippen LogP contribution in [0.3, 0.4) is 0 Å². The lowest BCUT2D eigenvalue weighted by Crippen LogP contribution is -2.74. The van der Waals surface area contributed by atoms with Crippen molar-refractivity contribution >= 4 is 29.4 Å². The van der Waals surface area contributed by atoms with E-state index in [1.165, 1.54) is 0 Å². The molecule has 13 unspecified atom stereocenters. The molecule has 1 heterocycles. The van der Waals surface area contributed by atoms with Crippen LogP contribution >= 0.6 is 0 Å². The number of esters is 2. The van der Waals surface area contributed by atoms with E-state index in [-0.39, 0.29) is 54.6 Å². The van der Waals surface area contributed by atoms with Gasteiger partial charge in [0.15, 0.2) is 0 Å². The second kappa shape index (κ2) is 15.3. The van der Waals surface area contributed by atoms with Gasteiger partial charge in [0.2, 0.25) is 11.8 Å². The van der Waals surface area contributed by atoms with Gasteiger partial charge in [-0.3, -0.25) is 14.4 Å². The molecule has 1 aromatic rings. The van der Waals surface area contributed by atoms with Gasteiger partial charge in [0.05, 0.1) is 42.1 Å². The molecule has 0 spiro atoms. The number of likely N-dealkylation sites (tertiary alicyclic amines) is 1. The molecule has 4 aliphatic carbocycles. The number of para-hydroxylation sites is 1. The summed E-state index contributed by atoms with van der Waals surface area (Å²) in [6, 6.07) is 6.55. The van der Waals surface area contributed by atoms with E-state index in [1.54, 1.807) is 73.3 Å². The number of carbonyl (C=O) groups is 4. The van der Waals surface area contributed by atoms with E-state index >= 15 is 0 Å². The second-order valence-corrected chi connectivity index (χ2v) is 17.5. The topological polar surface area (TPSA) is 196 Å². The maximum Gasteiger partial charge on any atom is 0.340 e. The van der Waals surface area contributed by atoms with Crippen molar-refractivity contribution in [3.8, 4) is 0 Å². The number of nitrogens with two attached hydrogens (primary N) is 1. The van der Waals surface area contributed by atoms with E-state index in [0.717, 1.165) is 0 Å². The fourth-order valence-corrected chi connectivity index (χ4v) is 11.8. The van der Waals surface area contributed by atoms with Crippen LogP contribution < -0.4 is 11.1 Å². The molecule has 306 valence electrons. The average Bonchev–Trinajstić information content (AvgIpc) is 3.43. The number of fused-ring (bicyclic) bond motifs is 1. The zero-order valence-corrected chi connectivity index (χ0v) is 33.5. The maximum atomic E-state index is 14.1. The summed E-state index contributed by atoms with van der Waals surface area (Å²) in [5, 5.41) is 29.0. The minimum atomic E-state index is -1.87. The van der Waals surface area contributed by atoms with Crippen LogP contribution in [0.2, 0.25) is 0 Å². The van der Waals surface area contributed by atoms with Crippen LogP contribution in [0, 0.1) is 46.3 Å². The number of ether oxygens (including phenoxy) is 5. The van der Waals surface area contributed by atoms with E-state index in [4.69, 9.17) is 29.4 Å². The molecule has 2 amide bonds. The van der Waals surface area contributed by atoms with Gasteiger partial charge in [-0.2, -0.15) is 0 Å². The predicted molar refractivity (Wildman–Crippen MR) is 200 cm³/mol. The molecular weight excluding hydrogens is 710 g/mol. The Labute approximate surface area is 324 Å². The van der Waals surface area contributed by atoms with Gasteiger partial charge < -0.3 is 49.8 Å². The van der Waals surface area contributed by atoms with Gasteiger partial charge in [-0.25, -0.2) is 4.79 Å². The number of anilines is 1. The van der Waals surface area contributed by atoms with Crippen molar-refractivity contribution in [1.82, 2.24) is 4.90 Å². The number of hydrogen-bond donors (Lipinski definition) is 4. The molecule has 4 saturated carbocycles. The number of benzene rings is 1. The fourth-order valence-electron chi connectivity index (χ4n) is 11.8. The Bertz CT molecular complexity index is 1640. The number of methoxy groups -OCH3 is 3. The molecular formula is C41H61N3O11. The molecule has 13 atom stereocenters. The van der Waals surface area contributed by atoms with Crippen molar-refractivity contribution in [2.75, 3.05) is 52.9 Å². The number of nitrogens with zero attached hydrogens (tertiary/aromatic N) is 1. The lowest BCUT2D eigenvalue weighted by atomic mass is 9.45. The first-order valence-corrected chi connectivity index (χ1v) is 19.8. The van der Waals surface area contributed by atoms with Crippen LogP contribution in [0.15, 0.2) is 24.3 Å². The molecule has 6 rings (SSSR count). The Morgan fingerprint density at radius 2 is 1.75 bits per heavy atom. The number of rotatable bonds is 13. The molecule has 1 aliphatic heterocycles. The predicted octanol–water partition coefficient (Wildman–Crippen LogP) is 2.78. The summed E-state index contributed by atoms with van der Waals surface area (Å²) in [5.41, 5.74) is 0.602. The number of aliphatic hydroxyl groups is 2. The molecule has 5 aliphatic rings. The Hall–Kier alpha value is -3.14. The highest BCUT2D eigenvalue weighted by Gasteiger charge is 2.80. The number of primary amides is 1. The minimum absolute atomic E-state index is 0.0339. The highest BCUT2D eigenvalue weighted by molar-refractivity contribution is 6.02. The summed E-state index contributed by atoms with van der Waals surface area (Å²) in [7, 11) is 4.85. The monoisotopic (exact) mass is 771 g/mol. The lowest BCUT2D eigenvalue weighted by Gasteiger charge is -2.67. The van der Waals surface area contributed by atoms with Gasteiger partial charge in [-0.1, -0.05) is 39.8 Å². The molecule has 0 aromatic heterocycles. The highest BCUT2D eigenvalue weighted by Crippen LogP contribution is 2.72. The van der Waals surface area contributed by atoms with Gasteiger partial charge in [0, 0.05) is 81.8 Å². The van der Waals surface area contributed by atoms with Crippen LogP contribution in [0.4, 0.5) is 5.69 Å². The smallest absolute Gasteiger partial charge is 0.340 e. The Kier molecular flexibility index (Phi) is 11.6. The molecule has 1 aromatic carbocycles. The molecule has 1 saturated heterocycles. The Balaban J connectivity index is 1.44. The summed E-state index contributed by atoms with van der Waals surface area (Å²) >= 11 is 0. The number of amides is 2. The zero-order chi connectivity index (χ0) is 40.2. The molecule has 14 nitrogen and oxygen atoms in total. The van der Waals surface area contributed by atoms with Gasteiger partial charge >= 0.3 is 11.9 Å². The average molecular weight is 772 g/mol. The molecule has 55 heavy (non-hydrogen) atoms. The normalized spacial score (nSPS) is 39.8. The first kappa shape index (κ1) is 41.5. The van der Waals surface area contributed by atoms with E-state index < -0.39 is 81.8 Å². The Morgan fingerprint density at radius 3 is 2.36 bits per heavy atom. The quantitative estimate of drug-likeness (QED) is 0.215. The van der Waals surface area contributed by atoms with Crippen molar-refractivity contribution in [2.24, 2.45) is 52.1 Å². The van der Waals surface area contributed by atoms with Gasteiger partial charge in [0.1, 0.15) is 17.3 Å². The van der Waals surface area contributed by atoms with Gasteiger partial charge in [0.25, 0.3) is 0 Å². The molecule has 14 heteroatoms. The van der Waals surface area contributed by atoms with Crippen LogP contribution in [-0.2, 0) is 38.1 Å². The van der Waals surface area contributed by atoms with Crippen LogP contribution in [0.25, 0.3) is 0 Å². The van der Waals surface area contributed by atoms with E-state index in [1.807, 2.05) is 0 Å². The van der Waals surface area contributed by atoms with E-state index in [2.05, 4.69) is 17.1 Å². The SMILES string of the molecule is CCN1CC2(COC(=O)c3ccccc3NC(=O)CC(C)C(N)=O)CCC(OC)C3(C1)C1CC4C(OC)CC(O)(C1C4OC(=O)C(C)C)C(C)(O)C(OC)C23. The number of carbonyl (C=O) groups excluding carboxylic acids is 4. The molecule has 5 fully saturated rings. The van der Waals surface area contributed by atoms with Crippen molar-refractivity contribution in [3.63, 3.8) is 0 Å². The summed E-state index contributed by atoms with van der Waals surface area (Å²) in [6.07, 6.45) is -0.733. The fraction of sp³-hybridized carbons (Fsp3) is 0.756. The third-order valence-corrected chi connectivity index (χ3v) is 14.4. The van der Waals surface area contributed by atoms with Gasteiger partial charge in [-0.15, -0.1) is 0 Å². The number of hydrogen-bond acceptors (Lipinski definition) is 12. The third-order valence-electron chi connectivity index (χ3n) is 14.4. The largest absolute Gasteiger partial charge is 0.461 e. The maximum absolute atomic E-state index is 14.1. The minimum Gasteiger partial charge on any atom is -0.461 e. The summed E-state index contributed by atoms with van der Waals surface area (Å²) < 4.78 is 31.6. The molecule has 0 radical (unpaired) electrons. The van der Waals surface area contributed by atoms with Crippen LogP contribution in [-0.4, -0.2) is 122 Å². The third kappa shape index (κ3) is 6.58. The van der Waals surface area contributed by atoms with Crippen LogP contribution in [0.1, 0.15) is 77.1 Å². The first-order chi connectivity index (χ1) is 26.0. The number of piperidine rings is 1. The van der Waals surface area contributed by atoms with Gasteiger partial charge in [-0.05, 0) is 50.8 Å². The highest BCUT2D eigenvalue weighted by atomic mass is 16.6. The summed E-state index contributed by atoms with van der Waals surface area (Å²) in [4.78, 5) is 54.2.